The molecule has 0 spiro atoms. The molecule has 2 atom stereocenters. The Balaban J connectivity index is 2.20. The lowest BCUT2D eigenvalue weighted by molar-refractivity contribution is -0.120. The molecular weight excluding hydrogens is 342 g/mol. The number of hydrogen-bond acceptors (Lipinski definition) is 5. The van der Waals surface area contributed by atoms with Crippen molar-refractivity contribution in [2.45, 2.75) is 44.2 Å². The second kappa shape index (κ2) is 8.64. The molecule has 2 rings (SSSR count). The number of rotatable bonds is 7. The van der Waals surface area contributed by atoms with Crippen LogP contribution in [-0.2, 0) is 21.4 Å². The van der Waals surface area contributed by atoms with E-state index in [1.165, 1.54) is 13.2 Å². The molecule has 25 heavy (non-hydrogen) atoms. The maximum Gasteiger partial charge on any atom is 0.240 e. The zero-order valence-electron chi connectivity index (χ0n) is 15.0. The first-order valence-corrected chi connectivity index (χ1v) is 10.0. The van der Waals surface area contributed by atoms with Crippen LogP contribution >= 0.6 is 0 Å². The molecule has 0 bridgehead atoms. The average molecular weight is 369 g/mol. The molecule has 1 amide bonds. The van der Waals surface area contributed by atoms with Crippen LogP contribution in [0, 0.1) is 5.92 Å². The van der Waals surface area contributed by atoms with E-state index >= 15 is 0 Å². The van der Waals surface area contributed by atoms with E-state index in [4.69, 9.17) is 4.74 Å². The van der Waals surface area contributed by atoms with Crippen molar-refractivity contribution >= 4 is 15.9 Å². The Morgan fingerprint density at radius 1 is 1.40 bits per heavy atom. The summed E-state index contributed by atoms with van der Waals surface area (Å²) < 4.78 is 33.5. The highest BCUT2D eigenvalue weighted by Crippen LogP contribution is 2.23. The lowest BCUT2D eigenvalue weighted by atomic mass is 9.96. The minimum absolute atomic E-state index is 0.101. The van der Waals surface area contributed by atoms with Gasteiger partial charge < -0.3 is 15.4 Å². The molecule has 0 radical (unpaired) electrons. The quantitative estimate of drug-likeness (QED) is 0.666. The number of carbonyl (C=O) groups excluding carboxylic acids is 1. The monoisotopic (exact) mass is 369 g/mol. The van der Waals surface area contributed by atoms with E-state index < -0.39 is 10.0 Å². The van der Waals surface area contributed by atoms with Crippen LogP contribution in [0.5, 0.6) is 5.75 Å². The highest BCUT2D eigenvalue weighted by molar-refractivity contribution is 7.89. The number of nitrogens with one attached hydrogen (secondary N) is 3. The van der Waals surface area contributed by atoms with Gasteiger partial charge in [-0.25, -0.2) is 13.1 Å². The Morgan fingerprint density at radius 3 is 2.80 bits per heavy atom. The van der Waals surface area contributed by atoms with E-state index in [0.717, 1.165) is 13.0 Å². The second-order valence-electron chi connectivity index (χ2n) is 6.30. The molecule has 7 nitrogen and oxygen atoms in total. The Labute approximate surface area is 149 Å². The fourth-order valence-corrected chi connectivity index (χ4v) is 4.19. The van der Waals surface area contributed by atoms with Crippen molar-refractivity contribution in [2.75, 3.05) is 20.2 Å². The number of hydrogen-bond donors (Lipinski definition) is 3. The van der Waals surface area contributed by atoms with E-state index in [2.05, 4.69) is 15.4 Å². The first kappa shape index (κ1) is 19.7. The molecule has 1 aliphatic rings. The van der Waals surface area contributed by atoms with E-state index in [9.17, 15) is 13.2 Å². The maximum absolute atomic E-state index is 12.7. The molecule has 2 unspecified atom stereocenters. The van der Waals surface area contributed by atoms with Gasteiger partial charge in [0.2, 0.25) is 15.9 Å². The number of methoxy groups -OCH3 is 1. The van der Waals surface area contributed by atoms with E-state index in [0.29, 0.717) is 24.3 Å². The topological polar surface area (TPSA) is 96.5 Å². The van der Waals surface area contributed by atoms with Crippen molar-refractivity contribution in [3.8, 4) is 5.75 Å². The van der Waals surface area contributed by atoms with Crippen LogP contribution in [0.1, 0.15) is 32.3 Å². The van der Waals surface area contributed by atoms with Crippen LogP contribution in [0.2, 0.25) is 0 Å². The number of carbonyl (C=O) groups is 1. The summed E-state index contributed by atoms with van der Waals surface area (Å²) in [5, 5.41) is 5.96. The fraction of sp³-hybridized carbons (Fsp3) is 0.588. The average Bonchev–Trinajstić information content (AvgIpc) is 2.61. The smallest absolute Gasteiger partial charge is 0.240 e. The summed E-state index contributed by atoms with van der Waals surface area (Å²) in [5.41, 5.74) is 0.627. The third-order valence-electron chi connectivity index (χ3n) is 4.49. The number of ether oxygens (including phenoxy) is 1. The van der Waals surface area contributed by atoms with Crippen LogP contribution in [0.15, 0.2) is 23.1 Å². The maximum atomic E-state index is 12.7. The fourth-order valence-electron chi connectivity index (χ4n) is 2.79. The van der Waals surface area contributed by atoms with Gasteiger partial charge in [0.1, 0.15) is 5.75 Å². The highest BCUT2D eigenvalue weighted by atomic mass is 32.2. The molecule has 1 aromatic carbocycles. The summed E-state index contributed by atoms with van der Waals surface area (Å²) in [6, 6.07) is 4.56. The van der Waals surface area contributed by atoms with Crippen LogP contribution in [0.25, 0.3) is 0 Å². The summed E-state index contributed by atoms with van der Waals surface area (Å²) >= 11 is 0. The predicted octanol–water partition coefficient (Wildman–Crippen LogP) is 0.998. The van der Waals surface area contributed by atoms with Gasteiger partial charge in [0.25, 0.3) is 0 Å². The van der Waals surface area contributed by atoms with Crippen molar-refractivity contribution in [3.05, 3.63) is 23.8 Å². The van der Waals surface area contributed by atoms with Gasteiger partial charge in [-0.2, -0.15) is 0 Å². The van der Waals surface area contributed by atoms with Gasteiger partial charge >= 0.3 is 0 Å². The minimum Gasteiger partial charge on any atom is -0.496 e. The van der Waals surface area contributed by atoms with Crippen LogP contribution in [0.4, 0.5) is 0 Å². The summed E-state index contributed by atoms with van der Waals surface area (Å²) in [4.78, 5) is 11.6. The molecule has 0 saturated carbocycles. The Hall–Kier alpha value is -1.64. The van der Waals surface area contributed by atoms with Gasteiger partial charge in [0.05, 0.1) is 12.0 Å². The Bertz CT molecular complexity index is 706. The van der Waals surface area contributed by atoms with Gasteiger partial charge in [-0.05, 0) is 37.1 Å². The molecule has 1 heterocycles. The van der Waals surface area contributed by atoms with Gasteiger partial charge in [-0.15, -0.1) is 0 Å². The molecule has 1 saturated heterocycles. The van der Waals surface area contributed by atoms with Gasteiger partial charge in [0.15, 0.2) is 0 Å². The molecule has 1 aliphatic heterocycles. The van der Waals surface area contributed by atoms with E-state index in [1.54, 1.807) is 19.1 Å². The predicted molar refractivity (Wildman–Crippen MR) is 95.9 cm³/mol. The largest absolute Gasteiger partial charge is 0.496 e. The third-order valence-corrected chi connectivity index (χ3v) is 5.98. The van der Waals surface area contributed by atoms with Crippen molar-refractivity contribution < 1.29 is 17.9 Å². The minimum atomic E-state index is -3.64. The molecule has 140 valence electrons. The number of piperidine rings is 1. The number of amides is 1. The highest BCUT2D eigenvalue weighted by Gasteiger charge is 2.27. The summed E-state index contributed by atoms with van der Waals surface area (Å²) in [6.45, 7) is 5.56. The number of sulfonamides is 1. The molecule has 3 N–H and O–H groups in total. The SMILES string of the molecule is CCC(=O)NCc1cc(S(=O)(=O)NC2CNCCC2C)ccc1OC. The molecule has 8 heteroatoms. The third kappa shape index (κ3) is 5.17. The van der Waals surface area contributed by atoms with Crippen molar-refractivity contribution in [1.82, 2.24) is 15.4 Å². The van der Waals surface area contributed by atoms with Gasteiger partial charge in [-0.3, -0.25) is 4.79 Å². The summed E-state index contributed by atoms with van der Waals surface area (Å²) in [6.07, 6.45) is 1.30. The Kier molecular flexibility index (Phi) is 6.80. The zero-order chi connectivity index (χ0) is 18.4. The Morgan fingerprint density at radius 2 is 2.16 bits per heavy atom. The molecule has 1 aromatic rings. The normalized spacial score (nSPS) is 20.9. The van der Waals surface area contributed by atoms with Gasteiger partial charge in [0, 0.05) is 31.1 Å². The van der Waals surface area contributed by atoms with Crippen molar-refractivity contribution in [3.63, 3.8) is 0 Å². The first-order valence-electron chi connectivity index (χ1n) is 8.54. The lowest BCUT2D eigenvalue weighted by Crippen LogP contribution is -2.50. The van der Waals surface area contributed by atoms with E-state index in [1.807, 2.05) is 6.92 Å². The van der Waals surface area contributed by atoms with E-state index in [-0.39, 0.29) is 29.3 Å². The van der Waals surface area contributed by atoms with Gasteiger partial charge in [-0.1, -0.05) is 13.8 Å². The first-order chi connectivity index (χ1) is 11.9. The zero-order valence-corrected chi connectivity index (χ0v) is 15.8. The van der Waals surface area contributed by atoms with Crippen LogP contribution < -0.4 is 20.1 Å². The van der Waals surface area contributed by atoms with Crippen molar-refractivity contribution in [2.24, 2.45) is 5.92 Å². The van der Waals surface area contributed by atoms with Crippen LogP contribution in [-0.4, -0.2) is 40.6 Å². The van der Waals surface area contributed by atoms with Crippen LogP contribution in [0.3, 0.4) is 0 Å². The van der Waals surface area contributed by atoms with Crippen molar-refractivity contribution in [1.29, 1.82) is 0 Å². The lowest BCUT2D eigenvalue weighted by Gasteiger charge is -2.30. The molecule has 0 aromatic heterocycles. The second-order valence-corrected chi connectivity index (χ2v) is 8.02. The molecule has 1 fully saturated rings. The summed E-state index contributed by atoms with van der Waals surface area (Å²) in [5.74, 6) is 0.719. The molecule has 0 aliphatic carbocycles. The number of benzene rings is 1. The standard InChI is InChI=1S/C17H27N3O4S/c1-4-17(21)19-10-13-9-14(5-6-16(13)24-3)25(22,23)20-15-11-18-8-7-12(15)2/h5-6,9,12,15,18,20H,4,7-8,10-11H2,1-3H3,(H,19,21). The molecular formula is C17H27N3O4S. The summed E-state index contributed by atoms with van der Waals surface area (Å²) in [7, 11) is -2.13.